The van der Waals surface area contributed by atoms with Gasteiger partial charge in [0.2, 0.25) is 0 Å². The van der Waals surface area contributed by atoms with Gasteiger partial charge in [-0.15, -0.1) is 0 Å². The lowest BCUT2D eigenvalue weighted by molar-refractivity contribution is 0.0132. The Balaban J connectivity index is 1.77. The second-order valence-corrected chi connectivity index (χ2v) is 6.80. The minimum Gasteiger partial charge on any atom is -0.390 e. The predicted molar refractivity (Wildman–Crippen MR) is 60.0 cm³/mol. The fraction of sp³-hybridized carbons (Fsp3) is 1.00. The van der Waals surface area contributed by atoms with Gasteiger partial charge in [0, 0.05) is 19.2 Å². The molecule has 0 amide bonds. The minimum absolute atomic E-state index is 0.0425. The molecule has 2 heterocycles. The highest BCUT2D eigenvalue weighted by molar-refractivity contribution is 7.91. The number of nitrogens with one attached hydrogen (secondary N) is 1. The minimum atomic E-state index is -3.05. The summed E-state index contributed by atoms with van der Waals surface area (Å²) in [4.78, 5) is 0. The average molecular weight is 249 g/mol. The number of rotatable bonds is 3. The summed E-state index contributed by atoms with van der Waals surface area (Å²) in [6.07, 6.45) is 2.69. The van der Waals surface area contributed by atoms with Crippen LogP contribution in [0.4, 0.5) is 0 Å². The summed E-state index contributed by atoms with van der Waals surface area (Å²) in [5.74, 6) is -0.0723. The van der Waals surface area contributed by atoms with Gasteiger partial charge in [0.05, 0.1) is 23.7 Å². The SMILES string of the molecule is O=S1(=O)CC(O)C(NCC2CCCCO2)C1. The van der Waals surface area contributed by atoms with Crippen LogP contribution in [-0.4, -0.2) is 56.4 Å². The van der Waals surface area contributed by atoms with Crippen molar-refractivity contribution >= 4 is 9.84 Å². The van der Waals surface area contributed by atoms with E-state index in [1.807, 2.05) is 0 Å². The molecule has 0 aliphatic carbocycles. The van der Waals surface area contributed by atoms with Crippen LogP contribution in [0.3, 0.4) is 0 Å². The van der Waals surface area contributed by atoms with Crippen LogP contribution in [0.5, 0.6) is 0 Å². The van der Waals surface area contributed by atoms with Crippen molar-refractivity contribution < 1.29 is 18.3 Å². The highest BCUT2D eigenvalue weighted by atomic mass is 32.2. The third-order valence-electron chi connectivity index (χ3n) is 3.20. The lowest BCUT2D eigenvalue weighted by atomic mass is 10.1. The van der Waals surface area contributed by atoms with Gasteiger partial charge in [-0.05, 0) is 19.3 Å². The monoisotopic (exact) mass is 249 g/mol. The quantitative estimate of drug-likeness (QED) is 0.692. The van der Waals surface area contributed by atoms with Crippen molar-refractivity contribution in [1.82, 2.24) is 5.32 Å². The molecule has 2 rings (SSSR count). The topological polar surface area (TPSA) is 75.6 Å². The number of aliphatic hydroxyl groups is 1. The van der Waals surface area contributed by atoms with Crippen molar-refractivity contribution in [3.8, 4) is 0 Å². The lowest BCUT2D eigenvalue weighted by Gasteiger charge is -2.25. The van der Waals surface area contributed by atoms with Crippen molar-refractivity contribution in [2.24, 2.45) is 0 Å². The first kappa shape index (κ1) is 12.3. The molecule has 5 nitrogen and oxygen atoms in total. The molecule has 0 bridgehead atoms. The van der Waals surface area contributed by atoms with Gasteiger partial charge < -0.3 is 15.2 Å². The molecule has 0 saturated carbocycles. The van der Waals surface area contributed by atoms with Gasteiger partial charge in [0.25, 0.3) is 0 Å². The summed E-state index contributed by atoms with van der Waals surface area (Å²) in [5, 5.41) is 12.7. The highest BCUT2D eigenvalue weighted by Crippen LogP contribution is 2.15. The maximum Gasteiger partial charge on any atom is 0.154 e. The normalized spacial score (nSPS) is 38.7. The molecule has 3 unspecified atom stereocenters. The number of hydrogen-bond acceptors (Lipinski definition) is 5. The molecule has 0 aromatic heterocycles. The molecule has 3 atom stereocenters. The second-order valence-electron chi connectivity index (χ2n) is 4.65. The van der Waals surface area contributed by atoms with Gasteiger partial charge in [-0.1, -0.05) is 0 Å². The smallest absolute Gasteiger partial charge is 0.154 e. The molecular formula is C10H19NO4S. The standard InChI is InChI=1S/C10H19NO4S/c12-10-7-16(13,14)6-9(10)11-5-8-3-1-2-4-15-8/h8-12H,1-7H2. The third-order valence-corrected chi connectivity index (χ3v) is 4.92. The molecule has 0 spiro atoms. The fourth-order valence-corrected chi connectivity index (χ4v) is 4.05. The fourth-order valence-electron chi connectivity index (χ4n) is 2.28. The summed E-state index contributed by atoms with van der Waals surface area (Å²) in [6.45, 7) is 1.43. The number of aliphatic hydroxyl groups excluding tert-OH is 1. The van der Waals surface area contributed by atoms with E-state index < -0.39 is 15.9 Å². The Kier molecular flexibility index (Phi) is 3.84. The van der Waals surface area contributed by atoms with Gasteiger partial charge in [-0.3, -0.25) is 0 Å². The summed E-state index contributed by atoms with van der Waals surface area (Å²) >= 11 is 0. The zero-order chi connectivity index (χ0) is 11.6. The van der Waals surface area contributed by atoms with E-state index in [1.165, 1.54) is 0 Å². The second kappa shape index (κ2) is 5.00. The van der Waals surface area contributed by atoms with E-state index in [0.29, 0.717) is 6.54 Å². The first-order valence-corrected chi connectivity index (χ1v) is 7.62. The predicted octanol–water partition coefficient (Wildman–Crippen LogP) is -0.697. The van der Waals surface area contributed by atoms with Crippen LogP contribution in [0.25, 0.3) is 0 Å². The summed E-state index contributed by atoms with van der Waals surface area (Å²) in [7, 11) is -3.05. The highest BCUT2D eigenvalue weighted by Gasteiger charge is 2.36. The largest absolute Gasteiger partial charge is 0.390 e. The molecular weight excluding hydrogens is 230 g/mol. The molecule has 16 heavy (non-hydrogen) atoms. The summed E-state index contributed by atoms with van der Waals surface area (Å²) in [6, 6.07) is -0.324. The molecule has 0 radical (unpaired) electrons. The Morgan fingerprint density at radius 3 is 2.69 bits per heavy atom. The van der Waals surface area contributed by atoms with Crippen LogP contribution in [0.1, 0.15) is 19.3 Å². The maximum absolute atomic E-state index is 11.3. The Bertz CT molecular complexity index is 324. The van der Waals surface area contributed by atoms with Crippen LogP contribution in [0.2, 0.25) is 0 Å². The maximum atomic E-state index is 11.3. The Morgan fingerprint density at radius 2 is 2.12 bits per heavy atom. The third kappa shape index (κ3) is 3.16. The van der Waals surface area contributed by atoms with Gasteiger partial charge in [-0.25, -0.2) is 8.42 Å². The van der Waals surface area contributed by atoms with Crippen LogP contribution in [0, 0.1) is 0 Å². The molecule has 94 valence electrons. The zero-order valence-corrected chi connectivity index (χ0v) is 10.1. The van der Waals surface area contributed by atoms with E-state index in [2.05, 4.69) is 5.32 Å². The van der Waals surface area contributed by atoms with E-state index >= 15 is 0 Å². The van der Waals surface area contributed by atoms with Crippen LogP contribution in [-0.2, 0) is 14.6 Å². The first-order valence-electron chi connectivity index (χ1n) is 5.80. The van der Waals surface area contributed by atoms with Crippen LogP contribution >= 0.6 is 0 Å². The van der Waals surface area contributed by atoms with Crippen molar-refractivity contribution in [2.75, 3.05) is 24.7 Å². The summed E-state index contributed by atoms with van der Waals surface area (Å²) < 4.78 is 28.1. The Labute approximate surface area is 96.1 Å². The molecule has 2 fully saturated rings. The molecule has 2 aliphatic heterocycles. The lowest BCUT2D eigenvalue weighted by Crippen LogP contribution is -2.43. The molecule has 2 N–H and O–H groups in total. The van der Waals surface area contributed by atoms with Gasteiger partial charge >= 0.3 is 0 Å². The van der Waals surface area contributed by atoms with Crippen molar-refractivity contribution in [1.29, 1.82) is 0 Å². The number of hydrogen-bond donors (Lipinski definition) is 2. The Hall–Kier alpha value is -0.170. The molecule has 2 aliphatic rings. The molecule has 6 heteroatoms. The Morgan fingerprint density at radius 1 is 1.31 bits per heavy atom. The van der Waals surface area contributed by atoms with Gasteiger partial charge in [0.1, 0.15) is 0 Å². The average Bonchev–Trinajstić information content (AvgIpc) is 2.50. The van der Waals surface area contributed by atoms with Gasteiger partial charge in [-0.2, -0.15) is 0 Å². The van der Waals surface area contributed by atoms with E-state index in [0.717, 1.165) is 25.9 Å². The summed E-state index contributed by atoms with van der Waals surface area (Å²) in [5.41, 5.74) is 0. The molecule has 0 aromatic rings. The first-order chi connectivity index (χ1) is 7.57. The van der Waals surface area contributed by atoms with Crippen LogP contribution < -0.4 is 5.32 Å². The van der Waals surface area contributed by atoms with E-state index in [1.54, 1.807) is 0 Å². The van der Waals surface area contributed by atoms with Crippen molar-refractivity contribution in [3.05, 3.63) is 0 Å². The van der Waals surface area contributed by atoms with Crippen LogP contribution in [0.15, 0.2) is 0 Å². The molecule has 2 saturated heterocycles. The van der Waals surface area contributed by atoms with Crippen molar-refractivity contribution in [2.45, 2.75) is 37.5 Å². The number of sulfone groups is 1. The molecule has 0 aromatic carbocycles. The zero-order valence-electron chi connectivity index (χ0n) is 9.26. The number of ether oxygens (including phenoxy) is 1. The van der Waals surface area contributed by atoms with Gasteiger partial charge in [0.15, 0.2) is 9.84 Å². The van der Waals surface area contributed by atoms with Crippen molar-refractivity contribution in [3.63, 3.8) is 0 Å². The van der Waals surface area contributed by atoms with E-state index in [4.69, 9.17) is 4.74 Å². The van der Waals surface area contributed by atoms with E-state index in [-0.39, 0.29) is 23.7 Å². The van der Waals surface area contributed by atoms with E-state index in [9.17, 15) is 13.5 Å².